The number of benzene rings is 2. The number of ether oxygens (including phenoxy) is 2. The van der Waals surface area contributed by atoms with Crippen LogP contribution in [0.3, 0.4) is 0 Å². The molecule has 0 atom stereocenters. The zero-order valence-corrected chi connectivity index (χ0v) is 13.1. The highest BCUT2D eigenvalue weighted by Gasteiger charge is 2.16. The zero-order valence-electron chi connectivity index (χ0n) is 13.1. The van der Waals surface area contributed by atoms with Gasteiger partial charge in [0.1, 0.15) is 5.65 Å². The lowest BCUT2D eigenvalue weighted by atomic mass is 10.1. The fraction of sp³-hybridized carbons (Fsp3) is 0.167. The van der Waals surface area contributed by atoms with Crippen LogP contribution in [0, 0.1) is 0 Å². The van der Waals surface area contributed by atoms with Crippen molar-refractivity contribution < 1.29 is 9.47 Å². The summed E-state index contributed by atoms with van der Waals surface area (Å²) in [5.74, 6) is 1.16. The summed E-state index contributed by atoms with van der Waals surface area (Å²) in [6.45, 7) is 0. The van der Waals surface area contributed by atoms with Crippen LogP contribution in [0.1, 0.15) is 0 Å². The topological polar surface area (TPSA) is 56.3 Å². The Kier molecular flexibility index (Phi) is 2.84. The number of aromatic amines is 1. The lowest BCUT2D eigenvalue weighted by Crippen LogP contribution is -2.08. The monoisotopic (exact) mass is 308 g/mol. The van der Waals surface area contributed by atoms with Gasteiger partial charge in [-0.2, -0.15) is 0 Å². The second kappa shape index (κ2) is 4.78. The summed E-state index contributed by atoms with van der Waals surface area (Å²) in [7, 11) is 5.11. The van der Waals surface area contributed by atoms with Crippen molar-refractivity contribution in [2.24, 2.45) is 7.05 Å². The highest BCUT2D eigenvalue weighted by atomic mass is 16.5. The molecule has 0 fully saturated rings. The molecule has 0 aliphatic heterocycles. The van der Waals surface area contributed by atoms with Crippen LogP contribution in [0.25, 0.3) is 32.7 Å². The number of methoxy groups -OCH3 is 2. The maximum Gasteiger partial charge on any atom is 0.257 e. The molecule has 0 saturated carbocycles. The van der Waals surface area contributed by atoms with Crippen LogP contribution in [0.2, 0.25) is 0 Å². The predicted molar refractivity (Wildman–Crippen MR) is 91.7 cm³/mol. The number of aryl methyl sites for hydroxylation is 1. The first kappa shape index (κ1) is 13.7. The summed E-state index contributed by atoms with van der Waals surface area (Å²) < 4.78 is 12.7. The first-order valence-corrected chi connectivity index (χ1v) is 7.31. The normalized spacial score (nSPS) is 11.4. The lowest BCUT2D eigenvalue weighted by Gasteiger charge is -2.09. The number of para-hydroxylation sites is 1. The number of fused-ring (bicyclic) bond motifs is 5. The van der Waals surface area contributed by atoms with E-state index in [9.17, 15) is 4.79 Å². The number of nitrogens with zero attached hydrogens (tertiary/aromatic N) is 1. The highest BCUT2D eigenvalue weighted by molar-refractivity contribution is 6.19. The number of hydrogen-bond acceptors (Lipinski definition) is 3. The molecule has 0 amide bonds. The fourth-order valence-electron chi connectivity index (χ4n) is 3.26. The third-order valence-corrected chi connectivity index (χ3v) is 4.38. The molecule has 0 unspecified atom stereocenters. The minimum atomic E-state index is -0.139. The van der Waals surface area contributed by atoms with Crippen LogP contribution in [0.5, 0.6) is 11.5 Å². The van der Waals surface area contributed by atoms with Crippen LogP contribution in [0.4, 0.5) is 0 Å². The molecule has 4 aromatic rings. The highest BCUT2D eigenvalue weighted by Crippen LogP contribution is 2.37. The largest absolute Gasteiger partial charge is 0.493 e. The van der Waals surface area contributed by atoms with Gasteiger partial charge in [-0.1, -0.05) is 18.2 Å². The van der Waals surface area contributed by atoms with Crippen LogP contribution in [-0.4, -0.2) is 23.8 Å². The third-order valence-electron chi connectivity index (χ3n) is 4.38. The Bertz CT molecular complexity index is 1120. The SMILES string of the molecule is COc1cc2c(=O)[nH]c3c(c2cc1OC)c1ccccc1n3C. The molecular weight excluding hydrogens is 292 g/mol. The van der Waals surface area contributed by atoms with Crippen molar-refractivity contribution in [1.82, 2.24) is 9.55 Å². The van der Waals surface area contributed by atoms with E-state index in [2.05, 4.69) is 11.1 Å². The van der Waals surface area contributed by atoms with Gasteiger partial charge in [-0.05, 0) is 18.2 Å². The van der Waals surface area contributed by atoms with Gasteiger partial charge < -0.3 is 19.0 Å². The summed E-state index contributed by atoms with van der Waals surface area (Å²) in [6.07, 6.45) is 0. The number of H-pyrrole nitrogens is 1. The van der Waals surface area contributed by atoms with E-state index >= 15 is 0 Å². The molecule has 5 nitrogen and oxygen atoms in total. The Morgan fingerprint density at radius 1 is 0.957 bits per heavy atom. The molecule has 1 N–H and O–H groups in total. The average Bonchev–Trinajstić information content (AvgIpc) is 2.87. The van der Waals surface area contributed by atoms with Crippen LogP contribution in [-0.2, 0) is 7.05 Å². The summed E-state index contributed by atoms with van der Waals surface area (Å²) in [6, 6.07) is 11.7. The van der Waals surface area contributed by atoms with E-state index in [1.54, 1.807) is 20.3 Å². The predicted octanol–water partition coefficient (Wildman–Crippen LogP) is 3.19. The summed E-state index contributed by atoms with van der Waals surface area (Å²) in [5, 5.41) is 3.56. The first-order chi connectivity index (χ1) is 11.2. The van der Waals surface area contributed by atoms with Gasteiger partial charge in [0, 0.05) is 23.2 Å². The Balaban J connectivity index is 2.32. The molecule has 2 aromatic carbocycles. The van der Waals surface area contributed by atoms with Gasteiger partial charge in [-0.15, -0.1) is 0 Å². The van der Waals surface area contributed by atoms with Gasteiger partial charge in [-0.25, -0.2) is 0 Å². The Labute approximate surface area is 132 Å². The molecule has 0 saturated heterocycles. The average molecular weight is 308 g/mol. The molecule has 23 heavy (non-hydrogen) atoms. The number of nitrogens with one attached hydrogen (secondary N) is 1. The Morgan fingerprint density at radius 2 is 1.61 bits per heavy atom. The second-order valence-electron chi connectivity index (χ2n) is 5.51. The van der Waals surface area contributed by atoms with Gasteiger partial charge in [0.15, 0.2) is 11.5 Å². The molecule has 0 aliphatic rings. The Hall–Kier alpha value is -2.95. The van der Waals surface area contributed by atoms with E-state index in [0.717, 1.165) is 27.3 Å². The van der Waals surface area contributed by atoms with Crippen molar-refractivity contribution in [3.63, 3.8) is 0 Å². The smallest absolute Gasteiger partial charge is 0.257 e. The van der Waals surface area contributed by atoms with Crippen molar-refractivity contribution in [2.45, 2.75) is 0 Å². The molecule has 0 spiro atoms. The summed E-state index contributed by atoms with van der Waals surface area (Å²) in [4.78, 5) is 15.5. The molecule has 2 aromatic heterocycles. The van der Waals surface area contributed by atoms with Crippen molar-refractivity contribution in [3.05, 3.63) is 46.8 Å². The van der Waals surface area contributed by atoms with Crippen LogP contribution in [0.15, 0.2) is 41.2 Å². The van der Waals surface area contributed by atoms with E-state index in [1.165, 1.54) is 0 Å². The third kappa shape index (κ3) is 1.76. The standard InChI is InChI=1S/C18H16N2O3/c1-20-13-7-5-4-6-10(13)16-11-8-14(22-2)15(23-3)9-12(11)18(21)19-17(16)20/h4-9H,1-3H3,(H,19,21). The fourth-order valence-corrected chi connectivity index (χ4v) is 3.26. The van der Waals surface area contributed by atoms with E-state index in [4.69, 9.17) is 9.47 Å². The van der Waals surface area contributed by atoms with Crippen molar-refractivity contribution >= 4 is 32.7 Å². The molecule has 2 heterocycles. The molecule has 0 radical (unpaired) electrons. The minimum absolute atomic E-state index is 0.139. The summed E-state index contributed by atoms with van der Waals surface area (Å²) >= 11 is 0. The molecule has 5 heteroatoms. The van der Waals surface area contributed by atoms with Crippen molar-refractivity contribution in [3.8, 4) is 11.5 Å². The van der Waals surface area contributed by atoms with E-state index in [1.807, 2.05) is 35.9 Å². The zero-order chi connectivity index (χ0) is 16.1. The first-order valence-electron chi connectivity index (χ1n) is 7.31. The van der Waals surface area contributed by atoms with Crippen LogP contribution >= 0.6 is 0 Å². The van der Waals surface area contributed by atoms with Crippen LogP contribution < -0.4 is 15.0 Å². The van der Waals surface area contributed by atoms with Gasteiger partial charge in [0.2, 0.25) is 0 Å². The second-order valence-corrected chi connectivity index (χ2v) is 5.51. The maximum absolute atomic E-state index is 12.5. The molecule has 0 aliphatic carbocycles. The van der Waals surface area contributed by atoms with E-state index in [-0.39, 0.29) is 5.56 Å². The lowest BCUT2D eigenvalue weighted by molar-refractivity contribution is 0.356. The number of aromatic nitrogens is 2. The number of pyridine rings is 1. The molecule has 116 valence electrons. The molecule has 4 rings (SSSR count). The molecular formula is C18H16N2O3. The minimum Gasteiger partial charge on any atom is -0.493 e. The number of hydrogen-bond donors (Lipinski definition) is 1. The number of rotatable bonds is 2. The summed E-state index contributed by atoms with van der Waals surface area (Å²) in [5.41, 5.74) is 1.73. The van der Waals surface area contributed by atoms with Gasteiger partial charge in [-0.3, -0.25) is 4.79 Å². The molecule has 0 bridgehead atoms. The van der Waals surface area contributed by atoms with Gasteiger partial charge in [0.05, 0.1) is 25.1 Å². The van der Waals surface area contributed by atoms with Gasteiger partial charge in [0.25, 0.3) is 5.56 Å². The quantitative estimate of drug-likeness (QED) is 0.619. The van der Waals surface area contributed by atoms with Crippen molar-refractivity contribution in [2.75, 3.05) is 14.2 Å². The van der Waals surface area contributed by atoms with Crippen molar-refractivity contribution in [1.29, 1.82) is 0 Å². The maximum atomic E-state index is 12.5. The van der Waals surface area contributed by atoms with Gasteiger partial charge >= 0.3 is 0 Å². The van der Waals surface area contributed by atoms with E-state index < -0.39 is 0 Å². The van der Waals surface area contributed by atoms with E-state index in [0.29, 0.717) is 16.9 Å². The Morgan fingerprint density at radius 3 is 2.30 bits per heavy atom.